The van der Waals surface area contributed by atoms with Gasteiger partial charge in [0.05, 0.1) is 0 Å². The van der Waals surface area contributed by atoms with Crippen LogP contribution < -0.4 is 0 Å². The Kier molecular flexibility index (Phi) is 3.45. The fourth-order valence-electron chi connectivity index (χ4n) is 2.92. The maximum Gasteiger partial charge on any atom is -0.00190 e. The van der Waals surface area contributed by atoms with E-state index in [-0.39, 0.29) is 0 Å². The lowest BCUT2D eigenvalue weighted by Crippen LogP contribution is -2.37. The van der Waals surface area contributed by atoms with E-state index >= 15 is 0 Å². The van der Waals surface area contributed by atoms with Crippen LogP contribution in [0.4, 0.5) is 0 Å². The zero-order valence-corrected chi connectivity index (χ0v) is 9.41. The number of hydrogen-bond donors (Lipinski definition) is 0. The van der Waals surface area contributed by atoms with Gasteiger partial charge in [0, 0.05) is 0 Å². The first kappa shape index (κ1) is 10.4. The predicted molar refractivity (Wildman–Crippen MR) is 59.9 cm³/mol. The molecule has 2 nitrogen and oxygen atoms in total. The van der Waals surface area contributed by atoms with Crippen LogP contribution in [0.5, 0.6) is 0 Å². The van der Waals surface area contributed by atoms with Crippen molar-refractivity contribution in [1.82, 2.24) is 9.80 Å². The van der Waals surface area contributed by atoms with Gasteiger partial charge in [-0.2, -0.15) is 0 Å². The smallest absolute Gasteiger partial charge is 0.00190 e. The average Bonchev–Trinajstić information content (AvgIpc) is 2.21. The highest BCUT2D eigenvalue weighted by Gasteiger charge is 2.26. The summed E-state index contributed by atoms with van der Waals surface area (Å²) in [5, 5.41) is 0. The lowest BCUT2D eigenvalue weighted by atomic mass is 9.79. The summed E-state index contributed by atoms with van der Waals surface area (Å²) in [6.45, 7) is 5.07. The molecule has 2 aliphatic rings. The van der Waals surface area contributed by atoms with E-state index < -0.39 is 0 Å². The molecular weight excluding hydrogens is 172 g/mol. The minimum atomic E-state index is 1.00. The van der Waals surface area contributed by atoms with Gasteiger partial charge in [-0.15, -0.1) is 0 Å². The maximum atomic E-state index is 4.01. The van der Waals surface area contributed by atoms with E-state index in [4.69, 9.17) is 0 Å². The predicted octanol–water partition coefficient (Wildman–Crippen LogP) is 1.83. The van der Waals surface area contributed by atoms with Crippen molar-refractivity contribution in [3.63, 3.8) is 0 Å². The Morgan fingerprint density at radius 1 is 0.857 bits per heavy atom. The second kappa shape index (κ2) is 4.63. The van der Waals surface area contributed by atoms with Crippen molar-refractivity contribution < 1.29 is 0 Å². The van der Waals surface area contributed by atoms with Crippen molar-refractivity contribution in [3.05, 3.63) is 7.05 Å². The summed E-state index contributed by atoms with van der Waals surface area (Å²) in [6, 6.07) is 0. The van der Waals surface area contributed by atoms with Crippen LogP contribution in [0, 0.1) is 18.9 Å². The van der Waals surface area contributed by atoms with Gasteiger partial charge in [0.15, 0.2) is 0 Å². The first-order chi connectivity index (χ1) is 6.75. The SMILES string of the molecule is [CH2-]N1CCC(C2CCN(C)CC2)CC1. The zero-order valence-electron chi connectivity index (χ0n) is 9.41. The van der Waals surface area contributed by atoms with Crippen molar-refractivity contribution in [2.24, 2.45) is 11.8 Å². The third-order valence-corrected chi connectivity index (χ3v) is 4.06. The van der Waals surface area contributed by atoms with Crippen molar-refractivity contribution in [3.8, 4) is 0 Å². The molecule has 0 bridgehead atoms. The quantitative estimate of drug-likeness (QED) is 0.589. The Morgan fingerprint density at radius 3 is 1.79 bits per heavy atom. The van der Waals surface area contributed by atoms with Gasteiger partial charge < -0.3 is 9.80 Å². The summed E-state index contributed by atoms with van der Waals surface area (Å²) in [5.41, 5.74) is 0. The van der Waals surface area contributed by atoms with Gasteiger partial charge in [0.2, 0.25) is 0 Å². The number of hydrogen-bond acceptors (Lipinski definition) is 2. The molecule has 0 spiro atoms. The van der Waals surface area contributed by atoms with Gasteiger partial charge in [-0.1, -0.05) is 0 Å². The van der Waals surface area contributed by atoms with E-state index in [2.05, 4.69) is 23.9 Å². The normalized spacial score (nSPS) is 29.6. The van der Waals surface area contributed by atoms with Crippen LogP contribution >= 0.6 is 0 Å². The number of piperidine rings is 2. The molecule has 0 unspecified atom stereocenters. The standard InChI is InChI=1S/C12H23N2/c1-13-7-3-11(4-8-13)12-5-9-14(2)10-6-12/h11-12H,1,3-10H2,2H3/q-1. The Labute approximate surface area is 88.3 Å². The minimum absolute atomic E-state index is 1.00. The molecular formula is C12H23N2-. The van der Waals surface area contributed by atoms with Crippen molar-refractivity contribution in [1.29, 1.82) is 0 Å². The van der Waals surface area contributed by atoms with Crippen LogP contribution in [-0.2, 0) is 0 Å². The van der Waals surface area contributed by atoms with E-state index in [1.807, 2.05) is 0 Å². The molecule has 0 aromatic rings. The first-order valence-corrected chi connectivity index (χ1v) is 5.99. The Balaban J connectivity index is 1.78. The monoisotopic (exact) mass is 195 g/mol. The summed E-state index contributed by atoms with van der Waals surface area (Å²) in [7, 11) is 6.26. The fraction of sp³-hybridized carbons (Fsp3) is 0.917. The highest BCUT2D eigenvalue weighted by atomic mass is 15.1. The Bertz CT molecular complexity index is 145. The van der Waals surface area contributed by atoms with Crippen LogP contribution in [0.1, 0.15) is 25.7 Å². The lowest BCUT2D eigenvalue weighted by Gasteiger charge is -2.40. The molecule has 2 heterocycles. The molecule has 0 radical (unpaired) electrons. The van der Waals surface area contributed by atoms with E-state index in [1.54, 1.807) is 0 Å². The highest BCUT2D eigenvalue weighted by Crippen LogP contribution is 2.31. The number of likely N-dealkylation sites (tertiary alicyclic amines) is 2. The van der Waals surface area contributed by atoms with Gasteiger partial charge in [-0.25, -0.2) is 0 Å². The molecule has 0 N–H and O–H groups in total. The van der Waals surface area contributed by atoms with E-state index in [1.165, 1.54) is 51.9 Å². The summed E-state index contributed by atoms with van der Waals surface area (Å²) >= 11 is 0. The molecule has 2 saturated heterocycles. The largest absolute Gasteiger partial charge is 0.459 e. The molecule has 0 aromatic heterocycles. The van der Waals surface area contributed by atoms with Gasteiger partial charge in [0.25, 0.3) is 0 Å². The fourth-order valence-corrected chi connectivity index (χ4v) is 2.92. The molecule has 0 aliphatic carbocycles. The molecule has 0 amide bonds. The Hall–Kier alpha value is -0.0800. The molecule has 2 heteroatoms. The summed E-state index contributed by atoms with van der Waals surface area (Å²) in [5.74, 6) is 2.02. The lowest BCUT2D eigenvalue weighted by molar-refractivity contribution is 0.123. The van der Waals surface area contributed by atoms with Crippen molar-refractivity contribution >= 4 is 0 Å². The van der Waals surface area contributed by atoms with E-state index in [9.17, 15) is 0 Å². The van der Waals surface area contributed by atoms with Crippen LogP contribution in [0.15, 0.2) is 0 Å². The second-order valence-electron chi connectivity index (χ2n) is 5.10. The van der Waals surface area contributed by atoms with Crippen LogP contribution in [-0.4, -0.2) is 43.0 Å². The van der Waals surface area contributed by atoms with Gasteiger partial charge in [0.1, 0.15) is 0 Å². The minimum Gasteiger partial charge on any atom is -0.459 e. The molecule has 0 saturated carbocycles. The van der Waals surface area contributed by atoms with Crippen molar-refractivity contribution in [2.45, 2.75) is 25.7 Å². The molecule has 14 heavy (non-hydrogen) atoms. The zero-order chi connectivity index (χ0) is 9.97. The van der Waals surface area contributed by atoms with E-state index in [0.717, 1.165) is 11.8 Å². The topological polar surface area (TPSA) is 6.48 Å². The van der Waals surface area contributed by atoms with Gasteiger partial charge in [-0.3, -0.25) is 7.05 Å². The summed E-state index contributed by atoms with van der Waals surface area (Å²) in [6.07, 6.45) is 5.63. The van der Waals surface area contributed by atoms with Crippen LogP contribution in [0.3, 0.4) is 0 Å². The van der Waals surface area contributed by atoms with Crippen molar-refractivity contribution in [2.75, 3.05) is 33.2 Å². The van der Waals surface area contributed by atoms with Gasteiger partial charge in [-0.05, 0) is 70.7 Å². The molecule has 82 valence electrons. The first-order valence-electron chi connectivity index (χ1n) is 5.99. The van der Waals surface area contributed by atoms with Gasteiger partial charge >= 0.3 is 0 Å². The highest BCUT2D eigenvalue weighted by molar-refractivity contribution is 4.81. The molecule has 2 aliphatic heterocycles. The average molecular weight is 195 g/mol. The second-order valence-corrected chi connectivity index (χ2v) is 5.10. The molecule has 0 aromatic carbocycles. The van der Waals surface area contributed by atoms with Crippen LogP contribution in [0.2, 0.25) is 0 Å². The Morgan fingerprint density at radius 2 is 1.29 bits per heavy atom. The summed E-state index contributed by atoms with van der Waals surface area (Å²) < 4.78 is 0. The molecule has 0 atom stereocenters. The maximum absolute atomic E-state index is 4.01. The third kappa shape index (κ3) is 2.48. The summed E-state index contributed by atoms with van der Waals surface area (Å²) in [4.78, 5) is 4.69. The number of nitrogens with zero attached hydrogens (tertiary/aromatic N) is 2. The molecule has 2 rings (SSSR count). The number of rotatable bonds is 1. The molecule has 2 fully saturated rings. The third-order valence-electron chi connectivity index (χ3n) is 4.06. The van der Waals surface area contributed by atoms with E-state index in [0.29, 0.717) is 0 Å². The van der Waals surface area contributed by atoms with Crippen LogP contribution in [0.25, 0.3) is 0 Å².